The van der Waals surface area contributed by atoms with Gasteiger partial charge in [0.15, 0.2) is 23.0 Å². The van der Waals surface area contributed by atoms with Crippen LogP contribution in [0.2, 0.25) is 0 Å². The fraction of sp³-hybridized carbons (Fsp3) is 0.320. The second-order valence-corrected chi connectivity index (χ2v) is 16.1. The lowest BCUT2D eigenvalue weighted by Gasteiger charge is -2.22. The van der Waals surface area contributed by atoms with Crippen molar-refractivity contribution in [3.05, 3.63) is 124 Å². The summed E-state index contributed by atoms with van der Waals surface area (Å²) in [4.78, 5) is 49.4. The number of nitrogens with one attached hydrogen (secondary N) is 2. The molecule has 4 aliphatic heterocycles. The van der Waals surface area contributed by atoms with Crippen LogP contribution in [0.15, 0.2) is 96.0 Å². The molecule has 0 radical (unpaired) electrons. The first-order valence-corrected chi connectivity index (χ1v) is 21.9. The van der Waals surface area contributed by atoms with Crippen LogP contribution in [0.4, 0.5) is 27.5 Å². The minimum atomic E-state index is -0.677. The molecule has 0 fully saturated rings. The Morgan fingerprint density at radius 3 is 2.03 bits per heavy atom. The molecule has 5 aromatic carbocycles. The van der Waals surface area contributed by atoms with Gasteiger partial charge in [-0.2, -0.15) is 0 Å². The molecule has 2 N–H and O–H groups in total. The molecule has 16 nitrogen and oxygen atoms in total. The Labute approximate surface area is 382 Å². The number of nitrogens with zero attached hydrogens (tertiary/aromatic N) is 3. The maximum absolute atomic E-state index is 14.0. The number of rotatable bonds is 18. The minimum Gasteiger partial charge on any atom is -0.493 e. The zero-order chi connectivity index (χ0) is 45.6. The highest BCUT2D eigenvalue weighted by molar-refractivity contribution is 6.15. The zero-order valence-electron chi connectivity index (χ0n) is 37.0. The number of para-hydroxylation sites is 2. The summed E-state index contributed by atoms with van der Waals surface area (Å²) >= 11 is 0. The smallest absolute Gasteiger partial charge is 0.412 e. The van der Waals surface area contributed by atoms with Gasteiger partial charge in [-0.1, -0.05) is 36.4 Å². The van der Waals surface area contributed by atoms with E-state index in [4.69, 9.17) is 42.9 Å². The van der Waals surface area contributed by atoms with Crippen LogP contribution in [0.5, 0.6) is 28.7 Å². The van der Waals surface area contributed by atoms with Gasteiger partial charge in [-0.15, -0.1) is 0 Å². The third-order valence-corrected chi connectivity index (χ3v) is 11.8. The summed E-state index contributed by atoms with van der Waals surface area (Å²) in [7, 11) is 4.65. The van der Waals surface area contributed by atoms with E-state index in [9.17, 15) is 14.4 Å². The van der Waals surface area contributed by atoms with Crippen molar-refractivity contribution < 1.29 is 52.3 Å². The fourth-order valence-electron chi connectivity index (χ4n) is 8.71. The Bertz CT molecular complexity index is 2650. The van der Waals surface area contributed by atoms with E-state index in [-0.39, 0.29) is 56.0 Å². The summed E-state index contributed by atoms with van der Waals surface area (Å²) in [5, 5.41) is 6.19. The molecule has 3 amide bonds. The molecule has 0 spiro atoms. The Balaban J connectivity index is 0.926. The number of hydrogen-bond acceptors (Lipinski definition) is 13. The first-order chi connectivity index (χ1) is 32.3. The van der Waals surface area contributed by atoms with Crippen LogP contribution in [0, 0.1) is 0 Å². The summed E-state index contributed by atoms with van der Waals surface area (Å²) in [5.74, 6) is 1.48. The van der Waals surface area contributed by atoms with Gasteiger partial charge < -0.3 is 53.4 Å². The normalized spacial score (nSPS) is 16.4. The molecule has 0 aromatic heterocycles. The predicted molar refractivity (Wildman–Crippen MR) is 247 cm³/mol. The summed E-state index contributed by atoms with van der Waals surface area (Å²) in [6.45, 7) is 2.84. The maximum Gasteiger partial charge on any atom is 0.412 e. The molecule has 0 unspecified atom stereocenters. The average molecular weight is 898 g/mol. The average Bonchev–Trinajstić information content (AvgIpc) is 3.82. The molecular weight excluding hydrogens is 847 g/mol. The van der Waals surface area contributed by atoms with Crippen LogP contribution in [0.25, 0.3) is 0 Å². The van der Waals surface area contributed by atoms with Gasteiger partial charge in [0.1, 0.15) is 19.0 Å². The topological polar surface area (TPSA) is 168 Å². The first-order valence-electron chi connectivity index (χ1n) is 21.9. The molecule has 0 saturated heterocycles. The largest absolute Gasteiger partial charge is 0.493 e. The van der Waals surface area contributed by atoms with Crippen molar-refractivity contribution in [1.29, 1.82) is 0 Å². The molecule has 66 heavy (non-hydrogen) atoms. The summed E-state index contributed by atoms with van der Waals surface area (Å²) in [6.07, 6.45) is 2.56. The number of aliphatic imine (C=N–C) groups is 1. The van der Waals surface area contributed by atoms with Crippen molar-refractivity contribution in [3.8, 4) is 28.7 Å². The highest BCUT2D eigenvalue weighted by Gasteiger charge is 2.38. The van der Waals surface area contributed by atoms with Crippen molar-refractivity contribution in [1.82, 2.24) is 5.32 Å². The van der Waals surface area contributed by atoms with Crippen LogP contribution in [0.1, 0.15) is 43.0 Å². The third kappa shape index (κ3) is 9.34. The van der Waals surface area contributed by atoms with Gasteiger partial charge in [0, 0.05) is 56.3 Å². The Morgan fingerprint density at radius 1 is 0.697 bits per heavy atom. The quantitative estimate of drug-likeness (QED) is 0.0874. The number of carbonyl (C=O) groups is 3. The molecule has 4 heterocycles. The van der Waals surface area contributed by atoms with Crippen molar-refractivity contribution in [2.24, 2.45) is 4.99 Å². The molecule has 342 valence electrons. The predicted octanol–water partition coefficient (Wildman–Crippen LogP) is 6.91. The number of hydrogen-bond donors (Lipinski definition) is 2. The molecular formula is C50H51N5O11. The van der Waals surface area contributed by atoms with Crippen molar-refractivity contribution in [2.45, 2.75) is 38.1 Å². The van der Waals surface area contributed by atoms with Crippen LogP contribution in [-0.2, 0) is 40.3 Å². The number of methoxy groups -OCH3 is 3. The Hall–Kier alpha value is -7.14. The maximum atomic E-state index is 14.0. The van der Waals surface area contributed by atoms with Gasteiger partial charge >= 0.3 is 6.09 Å². The van der Waals surface area contributed by atoms with E-state index in [0.717, 1.165) is 28.9 Å². The lowest BCUT2D eigenvalue weighted by atomic mass is 10.1. The lowest BCUT2D eigenvalue weighted by Crippen LogP contribution is -2.39. The molecule has 0 bridgehead atoms. The number of fused-ring (bicyclic) bond motifs is 8. The second kappa shape index (κ2) is 19.9. The summed E-state index contributed by atoms with van der Waals surface area (Å²) in [6, 6.07) is 27.7. The van der Waals surface area contributed by atoms with E-state index in [2.05, 4.69) is 16.7 Å². The first kappa shape index (κ1) is 44.1. The van der Waals surface area contributed by atoms with Crippen LogP contribution < -0.4 is 44.1 Å². The van der Waals surface area contributed by atoms with Gasteiger partial charge in [-0.25, -0.2) is 4.79 Å². The summed E-state index contributed by atoms with van der Waals surface area (Å²) < 4.78 is 46.0. The second-order valence-electron chi connectivity index (χ2n) is 16.1. The van der Waals surface area contributed by atoms with Gasteiger partial charge in [0.2, 0.25) is 0 Å². The number of carbonyl (C=O) groups excluding carboxylic acids is 3. The van der Waals surface area contributed by atoms with Gasteiger partial charge in [-0.05, 0) is 71.1 Å². The minimum absolute atomic E-state index is 0.0238. The molecule has 0 saturated carbocycles. The van der Waals surface area contributed by atoms with Crippen LogP contribution in [0.3, 0.4) is 0 Å². The highest BCUT2D eigenvalue weighted by atomic mass is 16.6. The Kier molecular flexibility index (Phi) is 13.3. The SMILES string of the molecule is COCCOCCOCCNC(=O)Oc1cc(COc2cc3c(cc2OC)C(=O)N2c4ccccc4C[C@H]2C=N3)cc(COc2cc3c(cc2OC)C(=O)N2c4ccccc4C[C@H]2CN3)c1. The highest BCUT2D eigenvalue weighted by Crippen LogP contribution is 2.43. The summed E-state index contributed by atoms with van der Waals surface area (Å²) in [5.41, 5.74) is 7.29. The van der Waals surface area contributed by atoms with E-state index in [0.29, 0.717) is 96.0 Å². The van der Waals surface area contributed by atoms with Crippen LogP contribution >= 0.6 is 0 Å². The molecule has 2 atom stereocenters. The zero-order valence-corrected chi connectivity index (χ0v) is 37.0. The lowest BCUT2D eigenvalue weighted by molar-refractivity contribution is 0.0257. The van der Waals surface area contributed by atoms with E-state index in [1.165, 1.54) is 14.2 Å². The van der Waals surface area contributed by atoms with E-state index < -0.39 is 6.09 Å². The van der Waals surface area contributed by atoms with Crippen molar-refractivity contribution >= 4 is 46.9 Å². The van der Waals surface area contributed by atoms with Crippen molar-refractivity contribution in [2.75, 3.05) is 82.6 Å². The van der Waals surface area contributed by atoms with Gasteiger partial charge in [0.05, 0.1) is 81.8 Å². The molecule has 16 heteroatoms. The molecule has 0 aliphatic carbocycles. The van der Waals surface area contributed by atoms with Crippen LogP contribution in [-0.4, -0.2) is 104 Å². The number of ether oxygens (including phenoxy) is 8. The number of amides is 3. The standard InChI is InChI=1S/C50H51N5O11/c1-59-14-15-63-17-16-62-13-12-51-50(58)66-37-19-31(29-64-46-25-40-38(23-44(46)60-2)48(56)54-35(27-52-40)21-33-8-4-6-10-42(33)54)18-32(20-37)30-65-47-26-41-39(24-45(47)61-3)49(57)55-36(28-53-41)22-34-9-5-7-11-43(34)55/h4-11,18-20,23-27,35-36,53H,12-17,21-22,28-30H2,1-3H3,(H,51,58)/t35-,36-/m0/s1. The fourth-order valence-corrected chi connectivity index (χ4v) is 8.71. The molecule has 5 aromatic rings. The monoisotopic (exact) mass is 897 g/mol. The van der Waals surface area contributed by atoms with E-state index in [1.54, 1.807) is 54.6 Å². The third-order valence-electron chi connectivity index (χ3n) is 11.8. The van der Waals surface area contributed by atoms with Crippen molar-refractivity contribution in [3.63, 3.8) is 0 Å². The molecule has 4 aliphatic rings. The van der Waals surface area contributed by atoms with E-state index in [1.807, 2.05) is 53.4 Å². The number of benzene rings is 5. The van der Waals surface area contributed by atoms with Gasteiger partial charge in [0.25, 0.3) is 11.8 Å². The number of anilines is 3. The Morgan fingerprint density at radius 2 is 1.32 bits per heavy atom. The van der Waals surface area contributed by atoms with Gasteiger partial charge in [-0.3, -0.25) is 19.5 Å². The molecule has 9 rings (SSSR count). The van der Waals surface area contributed by atoms with E-state index >= 15 is 0 Å².